The molecular weight excluding hydrogens is 420 g/mol. The maximum atomic E-state index is 11.1. The number of nitrogens with one attached hydrogen (secondary N) is 1. The van der Waals surface area contributed by atoms with Crippen LogP contribution in [0.4, 0.5) is 0 Å². The number of halogens is 1. The van der Waals surface area contributed by atoms with Crippen LogP contribution in [0.25, 0.3) is 11.4 Å². The highest BCUT2D eigenvalue weighted by Gasteiger charge is 2.19. The smallest absolute Gasteiger partial charge is 0.209 e. The topological polar surface area (TPSA) is 70.4 Å². The molecule has 1 aliphatic rings. The zero-order valence-corrected chi connectivity index (χ0v) is 17.5. The number of carbonyl (C=O) groups is 1. The second-order valence-electron chi connectivity index (χ2n) is 7.05. The van der Waals surface area contributed by atoms with E-state index in [1.165, 1.54) is 0 Å². The summed E-state index contributed by atoms with van der Waals surface area (Å²) < 4.78 is 2.73. The van der Waals surface area contributed by atoms with E-state index in [4.69, 9.17) is 0 Å². The number of hydrogen-bond acceptors (Lipinski definition) is 4. The number of hydrogen-bond donors (Lipinski definition) is 2. The molecule has 3 rings (SSSR count). The number of phenolic OH excluding ortho intramolecular Hbond substituents is 1. The average Bonchev–Trinajstić information content (AvgIpc) is 3.04. The first kappa shape index (κ1) is 20.2. The first-order chi connectivity index (χ1) is 13.5. The summed E-state index contributed by atoms with van der Waals surface area (Å²) in [4.78, 5) is 12.9. The Kier molecular flexibility index (Phi) is 6.57. The highest BCUT2D eigenvalue weighted by Crippen LogP contribution is 2.26. The quantitative estimate of drug-likeness (QED) is 0.505. The second kappa shape index (κ2) is 9.10. The van der Waals surface area contributed by atoms with E-state index >= 15 is 0 Å². The predicted molar refractivity (Wildman–Crippen MR) is 114 cm³/mol. The fourth-order valence-electron chi connectivity index (χ4n) is 3.42. The molecule has 2 N–H and O–H groups in total. The van der Waals surface area contributed by atoms with E-state index < -0.39 is 0 Å². The van der Waals surface area contributed by atoms with Crippen LogP contribution in [0.5, 0.6) is 5.75 Å². The molecule has 1 atom stereocenters. The Balaban J connectivity index is 1.83. The van der Waals surface area contributed by atoms with Gasteiger partial charge >= 0.3 is 0 Å². The molecule has 0 aliphatic carbocycles. The molecule has 1 amide bonds. The largest absolute Gasteiger partial charge is 0.507 e. The van der Waals surface area contributed by atoms with Crippen molar-refractivity contribution < 1.29 is 9.90 Å². The van der Waals surface area contributed by atoms with Crippen LogP contribution in [-0.2, 0) is 4.79 Å². The number of likely N-dealkylation sites (tertiary alicyclic amines) is 1. The van der Waals surface area contributed by atoms with Crippen LogP contribution in [-0.4, -0.2) is 45.8 Å². The van der Waals surface area contributed by atoms with Crippen LogP contribution in [0.2, 0.25) is 0 Å². The number of aromatic hydroxyl groups is 1. The molecule has 1 aliphatic heterocycles. The molecule has 0 saturated carbocycles. The Bertz CT molecular complexity index is 890. The number of rotatable bonds is 7. The number of phenols is 1. The lowest BCUT2D eigenvalue weighted by Crippen LogP contribution is -2.39. The van der Waals surface area contributed by atoms with Crippen LogP contribution in [0.1, 0.15) is 24.1 Å². The third-order valence-electron chi connectivity index (χ3n) is 5.01. The van der Waals surface area contributed by atoms with E-state index in [1.807, 2.05) is 34.7 Å². The Hall–Kier alpha value is -2.54. The van der Waals surface area contributed by atoms with Crippen LogP contribution in [0.15, 0.2) is 47.6 Å². The van der Waals surface area contributed by atoms with Gasteiger partial charge in [0.15, 0.2) is 0 Å². The lowest BCUT2D eigenvalue weighted by atomic mass is 9.98. The molecule has 0 radical (unpaired) electrons. The van der Waals surface area contributed by atoms with Crippen LogP contribution in [0, 0.1) is 12.8 Å². The lowest BCUT2D eigenvalue weighted by molar-refractivity contribution is -0.119. The molecule has 1 aromatic heterocycles. The first-order valence-corrected chi connectivity index (χ1v) is 10.1. The molecule has 1 unspecified atom stereocenters. The number of carbonyl (C=O) groups excluding carboxylic acids is 1. The summed E-state index contributed by atoms with van der Waals surface area (Å²) in [5.41, 5.74) is 2.32. The van der Waals surface area contributed by atoms with Gasteiger partial charge in [-0.2, -0.15) is 5.10 Å². The Morgan fingerprint density at radius 2 is 2.25 bits per heavy atom. The average molecular weight is 445 g/mol. The standard InChI is InChI=1S/C21H25BrN4O2/c1-15(18-7-3-4-8-20(18)28)10-21(26-16(2)19(22)12-24-26)23-11-17-6-5-9-25(13-17)14-27/h3-4,7-8,10,12,14,17,23,28H,1,5-6,9,11,13H2,2H3/b21-10-. The molecule has 1 fully saturated rings. The van der Waals surface area contributed by atoms with E-state index in [0.29, 0.717) is 17.1 Å². The van der Waals surface area contributed by atoms with Crippen molar-refractivity contribution >= 4 is 33.7 Å². The molecule has 1 aromatic carbocycles. The zero-order chi connectivity index (χ0) is 20.1. The van der Waals surface area contributed by atoms with Gasteiger partial charge in [-0.1, -0.05) is 24.8 Å². The predicted octanol–water partition coefficient (Wildman–Crippen LogP) is 3.63. The van der Waals surface area contributed by atoms with Gasteiger partial charge < -0.3 is 15.3 Å². The van der Waals surface area contributed by atoms with E-state index in [-0.39, 0.29) is 5.75 Å². The van der Waals surface area contributed by atoms with Crippen LogP contribution >= 0.6 is 15.9 Å². The third-order valence-corrected chi connectivity index (χ3v) is 5.79. The molecule has 0 spiro atoms. The van der Waals surface area contributed by atoms with E-state index in [9.17, 15) is 9.90 Å². The van der Waals surface area contributed by atoms with Gasteiger partial charge in [-0.3, -0.25) is 4.79 Å². The van der Waals surface area contributed by atoms with Gasteiger partial charge in [-0.05, 0) is 59.3 Å². The SMILES string of the molecule is C=C(/C=C(/NCC1CCCN(C=O)C1)n1ncc(Br)c1C)c1ccccc1O. The monoisotopic (exact) mass is 444 g/mol. The summed E-state index contributed by atoms with van der Waals surface area (Å²) in [5, 5.41) is 18.1. The molecule has 1 saturated heterocycles. The molecule has 6 nitrogen and oxygen atoms in total. The molecule has 2 heterocycles. The van der Waals surface area contributed by atoms with E-state index in [2.05, 4.69) is 32.9 Å². The summed E-state index contributed by atoms with van der Waals surface area (Å²) in [6.07, 6.45) is 6.66. The van der Waals surface area contributed by atoms with E-state index in [1.54, 1.807) is 18.3 Å². The summed E-state index contributed by atoms with van der Waals surface area (Å²) in [6, 6.07) is 7.13. The van der Waals surface area contributed by atoms with Crippen molar-refractivity contribution in [3.63, 3.8) is 0 Å². The fraction of sp³-hybridized carbons (Fsp3) is 0.333. The number of aromatic nitrogens is 2. The lowest BCUT2D eigenvalue weighted by Gasteiger charge is -2.30. The highest BCUT2D eigenvalue weighted by molar-refractivity contribution is 9.10. The summed E-state index contributed by atoms with van der Waals surface area (Å²) >= 11 is 3.51. The Labute approximate surface area is 173 Å². The molecular formula is C21H25BrN4O2. The van der Waals surface area contributed by atoms with Gasteiger partial charge in [-0.15, -0.1) is 0 Å². The number of para-hydroxylation sites is 1. The number of nitrogens with zero attached hydrogens (tertiary/aromatic N) is 3. The molecule has 7 heteroatoms. The minimum atomic E-state index is 0.190. The Morgan fingerprint density at radius 1 is 1.46 bits per heavy atom. The highest BCUT2D eigenvalue weighted by atomic mass is 79.9. The molecule has 0 bridgehead atoms. The molecule has 148 valence electrons. The first-order valence-electron chi connectivity index (χ1n) is 9.32. The van der Waals surface area contributed by atoms with Crippen molar-refractivity contribution in [2.75, 3.05) is 19.6 Å². The number of amides is 1. The normalized spacial score (nSPS) is 17.4. The van der Waals surface area contributed by atoms with Crippen molar-refractivity contribution in [3.8, 4) is 5.75 Å². The Morgan fingerprint density at radius 3 is 2.93 bits per heavy atom. The van der Waals surface area contributed by atoms with Crippen molar-refractivity contribution in [1.29, 1.82) is 0 Å². The van der Waals surface area contributed by atoms with Crippen molar-refractivity contribution in [2.45, 2.75) is 19.8 Å². The molecule has 2 aromatic rings. The van der Waals surface area contributed by atoms with Crippen LogP contribution in [0.3, 0.4) is 0 Å². The minimum Gasteiger partial charge on any atom is -0.507 e. The maximum Gasteiger partial charge on any atom is 0.209 e. The van der Waals surface area contributed by atoms with Gasteiger partial charge in [0.1, 0.15) is 11.6 Å². The van der Waals surface area contributed by atoms with Gasteiger partial charge in [0.25, 0.3) is 0 Å². The number of allylic oxidation sites excluding steroid dienone is 2. The zero-order valence-electron chi connectivity index (χ0n) is 15.9. The van der Waals surface area contributed by atoms with Crippen molar-refractivity contribution in [2.24, 2.45) is 5.92 Å². The van der Waals surface area contributed by atoms with Gasteiger partial charge in [-0.25, -0.2) is 4.68 Å². The van der Waals surface area contributed by atoms with E-state index in [0.717, 1.165) is 54.9 Å². The third kappa shape index (κ3) is 4.65. The van der Waals surface area contributed by atoms with Gasteiger partial charge in [0, 0.05) is 25.2 Å². The van der Waals surface area contributed by atoms with Crippen molar-refractivity contribution in [1.82, 2.24) is 20.0 Å². The number of piperidine rings is 1. The summed E-state index contributed by atoms with van der Waals surface area (Å²) in [6.45, 7) is 8.41. The second-order valence-corrected chi connectivity index (χ2v) is 7.91. The fourth-order valence-corrected chi connectivity index (χ4v) is 3.68. The minimum absolute atomic E-state index is 0.190. The summed E-state index contributed by atoms with van der Waals surface area (Å²) in [5.74, 6) is 1.34. The van der Waals surface area contributed by atoms with Crippen LogP contribution < -0.4 is 5.32 Å². The van der Waals surface area contributed by atoms with Crippen molar-refractivity contribution in [3.05, 3.63) is 58.8 Å². The summed E-state index contributed by atoms with van der Waals surface area (Å²) in [7, 11) is 0. The number of benzene rings is 1. The molecule has 28 heavy (non-hydrogen) atoms. The van der Waals surface area contributed by atoms with Gasteiger partial charge in [0.2, 0.25) is 6.41 Å². The van der Waals surface area contributed by atoms with Gasteiger partial charge in [0.05, 0.1) is 16.4 Å². The maximum absolute atomic E-state index is 11.1.